The van der Waals surface area contributed by atoms with Crippen LogP contribution in [-0.4, -0.2) is 23.9 Å². The second-order valence-electron chi connectivity index (χ2n) is 7.84. The maximum absolute atomic E-state index is 12.7. The Morgan fingerprint density at radius 2 is 1.69 bits per heavy atom. The maximum Gasteiger partial charge on any atom is 0.243 e. The van der Waals surface area contributed by atoms with Crippen LogP contribution in [0.15, 0.2) is 65.3 Å². The minimum atomic E-state index is -0.581. The molecule has 5 heteroatoms. The summed E-state index contributed by atoms with van der Waals surface area (Å²) >= 11 is 0. The molecule has 1 heterocycles. The lowest BCUT2D eigenvalue weighted by Crippen LogP contribution is -2.52. The first-order valence-corrected chi connectivity index (χ1v) is 10.0. The zero-order valence-corrected chi connectivity index (χ0v) is 17.1. The van der Waals surface area contributed by atoms with E-state index in [9.17, 15) is 9.59 Å². The molecule has 0 aliphatic rings. The highest BCUT2D eigenvalue weighted by Gasteiger charge is 2.25. The lowest BCUT2D eigenvalue weighted by Gasteiger charge is -2.24. The Hall–Kier alpha value is -3.08. The molecular formula is C24H28N2O3. The first kappa shape index (κ1) is 20.6. The number of amides is 2. The average Bonchev–Trinajstić information content (AvgIpc) is 3.18. The van der Waals surface area contributed by atoms with Crippen molar-refractivity contribution in [3.63, 3.8) is 0 Å². The highest BCUT2D eigenvalue weighted by atomic mass is 16.3. The molecule has 152 valence electrons. The summed E-state index contributed by atoms with van der Waals surface area (Å²) in [5, 5.41) is 8.12. The number of hydrogen-bond donors (Lipinski definition) is 2. The fraction of sp³-hybridized carbons (Fsp3) is 0.333. The van der Waals surface area contributed by atoms with Crippen LogP contribution in [0.2, 0.25) is 0 Å². The van der Waals surface area contributed by atoms with Crippen LogP contribution in [0.25, 0.3) is 10.8 Å². The standard InChI is InChI=1S/C24H28N2O3/c1-16(2)23(24(28)25-17(3)13-21-9-6-12-29-21)26-22(27)15-18-10-11-19-7-4-5-8-20(19)14-18/h4-12,14,16-17,23H,13,15H2,1-3H3,(H,25,28)(H,26,27). The minimum Gasteiger partial charge on any atom is -0.469 e. The quantitative estimate of drug-likeness (QED) is 0.611. The summed E-state index contributed by atoms with van der Waals surface area (Å²) in [5.74, 6) is 0.462. The number of carbonyl (C=O) groups is 2. The monoisotopic (exact) mass is 392 g/mol. The van der Waals surface area contributed by atoms with Crippen LogP contribution in [0.4, 0.5) is 0 Å². The molecule has 0 saturated heterocycles. The molecule has 0 aliphatic carbocycles. The van der Waals surface area contributed by atoms with E-state index in [1.54, 1.807) is 6.26 Å². The Labute approximate surface area is 171 Å². The highest BCUT2D eigenvalue weighted by Crippen LogP contribution is 2.16. The van der Waals surface area contributed by atoms with Gasteiger partial charge in [0.2, 0.25) is 11.8 Å². The summed E-state index contributed by atoms with van der Waals surface area (Å²) in [7, 11) is 0. The van der Waals surface area contributed by atoms with Crippen LogP contribution in [0, 0.1) is 5.92 Å². The van der Waals surface area contributed by atoms with Crippen molar-refractivity contribution in [1.82, 2.24) is 10.6 Å². The third-order valence-electron chi connectivity index (χ3n) is 4.92. The molecule has 2 aromatic carbocycles. The smallest absolute Gasteiger partial charge is 0.243 e. The van der Waals surface area contributed by atoms with E-state index in [1.165, 1.54) is 0 Å². The Kier molecular flexibility index (Phi) is 6.70. The molecule has 0 fully saturated rings. The van der Waals surface area contributed by atoms with E-state index < -0.39 is 6.04 Å². The fourth-order valence-electron chi connectivity index (χ4n) is 3.41. The molecule has 29 heavy (non-hydrogen) atoms. The van der Waals surface area contributed by atoms with Crippen molar-refractivity contribution in [2.45, 2.75) is 45.7 Å². The van der Waals surface area contributed by atoms with Gasteiger partial charge in [0.1, 0.15) is 11.8 Å². The molecule has 0 spiro atoms. The summed E-state index contributed by atoms with van der Waals surface area (Å²) in [6.07, 6.45) is 2.46. The Morgan fingerprint density at radius 3 is 2.38 bits per heavy atom. The minimum absolute atomic E-state index is 0.0219. The fourth-order valence-corrected chi connectivity index (χ4v) is 3.41. The van der Waals surface area contributed by atoms with Crippen molar-refractivity contribution < 1.29 is 14.0 Å². The van der Waals surface area contributed by atoms with Gasteiger partial charge in [-0.3, -0.25) is 9.59 Å². The third kappa shape index (κ3) is 5.70. The van der Waals surface area contributed by atoms with Gasteiger partial charge in [-0.05, 0) is 41.3 Å². The van der Waals surface area contributed by atoms with Crippen molar-refractivity contribution in [1.29, 1.82) is 0 Å². The number of carbonyl (C=O) groups excluding carboxylic acids is 2. The van der Waals surface area contributed by atoms with Gasteiger partial charge in [-0.2, -0.15) is 0 Å². The molecule has 2 unspecified atom stereocenters. The second kappa shape index (κ2) is 9.41. The van der Waals surface area contributed by atoms with Gasteiger partial charge in [-0.1, -0.05) is 56.3 Å². The van der Waals surface area contributed by atoms with E-state index in [-0.39, 0.29) is 30.2 Å². The number of fused-ring (bicyclic) bond motifs is 1. The van der Waals surface area contributed by atoms with E-state index in [2.05, 4.69) is 10.6 Å². The number of hydrogen-bond acceptors (Lipinski definition) is 3. The van der Waals surface area contributed by atoms with Gasteiger partial charge in [-0.25, -0.2) is 0 Å². The van der Waals surface area contributed by atoms with Crippen LogP contribution < -0.4 is 10.6 Å². The van der Waals surface area contributed by atoms with Gasteiger partial charge in [0.25, 0.3) is 0 Å². The molecule has 5 nitrogen and oxygen atoms in total. The van der Waals surface area contributed by atoms with Crippen LogP contribution >= 0.6 is 0 Å². The second-order valence-corrected chi connectivity index (χ2v) is 7.84. The van der Waals surface area contributed by atoms with E-state index >= 15 is 0 Å². The lowest BCUT2D eigenvalue weighted by molar-refractivity contribution is -0.130. The summed E-state index contributed by atoms with van der Waals surface area (Å²) in [4.78, 5) is 25.3. The van der Waals surface area contributed by atoms with Gasteiger partial charge >= 0.3 is 0 Å². The molecule has 0 bridgehead atoms. The Balaban J connectivity index is 1.59. The SMILES string of the molecule is CC(Cc1ccco1)NC(=O)C(NC(=O)Cc1ccc2ccccc2c1)C(C)C. The normalized spacial score (nSPS) is 13.2. The van der Waals surface area contributed by atoms with Crippen molar-refractivity contribution >= 4 is 22.6 Å². The van der Waals surface area contributed by atoms with E-state index in [0.29, 0.717) is 6.42 Å². The Bertz CT molecular complexity index is 963. The van der Waals surface area contributed by atoms with Crippen molar-refractivity contribution in [2.24, 2.45) is 5.92 Å². The van der Waals surface area contributed by atoms with Crippen LogP contribution in [0.5, 0.6) is 0 Å². The molecule has 1 aromatic heterocycles. The summed E-state index contributed by atoms with van der Waals surface area (Å²) in [5.41, 5.74) is 0.926. The molecule has 2 amide bonds. The molecule has 3 aromatic rings. The molecule has 0 radical (unpaired) electrons. The largest absolute Gasteiger partial charge is 0.469 e. The molecule has 0 aliphatic heterocycles. The zero-order chi connectivity index (χ0) is 20.8. The molecule has 3 rings (SSSR count). The predicted molar refractivity (Wildman–Crippen MR) is 114 cm³/mol. The summed E-state index contributed by atoms with van der Waals surface area (Å²) in [6.45, 7) is 5.78. The third-order valence-corrected chi connectivity index (χ3v) is 4.92. The van der Waals surface area contributed by atoms with Crippen molar-refractivity contribution in [3.05, 3.63) is 72.2 Å². The highest BCUT2D eigenvalue weighted by molar-refractivity contribution is 5.89. The number of rotatable bonds is 8. The van der Waals surface area contributed by atoms with E-state index in [0.717, 1.165) is 22.1 Å². The predicted octanol–water partition coefficient (Wildman–Crippen LogP) is 3.86. The van der Waals surface area contributed by atoms with Gasteiger partial charge in [0.15, 0.2) is 0 Å². The number of nitrogens with one attached hydrogen (secondary N) is 2. The molecule has 2 N–H and O–H groups in total. The van der Waals surface area contributed by atoms with E-state index in [4.69, 9.17) is 4.42 Å². The number of benzene rings is 2. The van der Waals surface area contributed by atoms with Gasteiger partial charge in [0, 0.05) is 12.5 Å². The summed E-state index contributed by atoms with van der Waals surface area (Å²) < 4.78 is 5.33. The lowest BCUT2D eigenvalue weighted by atomic mass is 10.0. The molecule has 2 atom stereocenters. The van der Waals surface area contributed by atoms with Crippen molar-refractivity contribution in [3.8, 4) is 0 Å². The van der Waals surface area contributed by atoms with Gasteiger partial charge in [0.05, 0.1) is 12.7 Å². The first-order chi connectivity index (χ1) is 13.9. The van der Waals surface area contributed by atoms with Crippen molar-refractivity contribution in [2.75, 3.05) is 0 Å². The van der Waals surface area contributed by atoms with Gasteiger partial charge < -0.3 is 15.1 Å². The van der Waals surface area contributed by atoms with Crippen LogP contribution in [0.3, 0.4) is 0 Å². The van der Waals surface area contributed by atoms with Crippen LogP contribution in [-0.2, 0) is 22.4 Å². The zero-order valence-electron chi connectivity index (χ0n) is 17.1. The maximum atomic E-state index is 12.7. The Morgan fingerprint density at radius 1 is 0.931 bits per heavy atom. The number of furan rings is 1. The topological polar surface area (TPSA) is 71.3 Å². The van der Waals surface area contributed by atoms with Crippen LogP contribution in [0.1, 0.15) is 32.1 Å². The van der Waals surface area contributed by atoms with Gasteiger partial charge in [-0.15, -0.1) is 0 Å². The molecular weight excluding hydrogens is 364 g/mol. The average molecular weight is 392 g/mol. The first-order valence-electron chi connectivity index (χ1n) is 10.0. The molecule has 0 saturated carbocycles. The van der Waals surface area contributed by atoms with E-state index in [1.807, 2.05) is 75.4 Å². The summed E-state index contributed by atoms with van der Waals surface area (Å²) in [6, 6.07) is 17.1.